The highest BCUT2D eigenvalue weighted by Crippen LogP contribution is 2.29. The average molecular weight is 350 g/mol. The first-order valence-electron chi connectivity index (χ1n) is 6.22. The lowest BCUT2D eigenvalue weighted by Gasteiger charge is -2.12. The van der Waals surface area contributed by atoms with Crippen molar-refractivity contribution in [3.63, 3.8) is 0 Å². The van der Waals surface area contributed by atoms with E-state index in [1.165, 1.54) is 6.07 Å². The molecular weight excluding hydrogens is 337 g/mol. The minimum Gasteiger partial charge on any atom is -0.493 e. The zero-order chi connectivity index (χ0) is 15.2. The first-order chi connectivity index (χ1) is 10.2. The van der Waals surface area contributed by atoms with Gasteiger partial charge in [0.2, 0.25) is 0 Å². The van der Waals surface area contributed by atoms with Crippen LogP contribution in [0.4, 0.5) is 4.39 Å². The van der Waals surface area contributed by atoms with E-state index in [0.717, 1.165) is 5.56 Å². The van der Waals surface area contributed by atoms with Crippen molar-refractivity contribution < 1.29 is 13.9 Å². The van der Waals surface area contributed by atoms with Crippen LogP contribution < -0.4 is 9.47 Å². The molecule has 3 nitrogen and oxygen atoms in total. The zero-order valence-electron chi connectivity index (χ0n) is 11.4. The normalized spacial score (nSPS) is 10.0. The number of nitrogens with zero attached hydrogens (tertiary/aromatic N) is 1. The lowest BCUT2D eigenvalue weighted by Crippen LogP contribution is -2.01. The summed E-state index contributed by atoms with van der Waals surface area (Å²) in [5.74, 6) is 0.573. The molecule has 0 aliphatic rings. The van der Waals surface area contributed by atoms with Crippen LogP contribution in [0.3, 0.4) is 0 Å². The van der Waals surface area contributed by atoms with Gasteiger partial charge in [-0.15, -0.1) is 0 Å². The lowest BCUT2D eigenvalue weighted by atomic mass is 10.1. The van der Waals surface area contributed by atoms with Crippen LogP contribution in [0.25, 0.3) is 0 Å². The van der Waals surface area contributed by atoms with Crippen LogP contribution in [0.1, 0.15) is 16.7 Å². The van der Waals surface area contributed by atoms with E-state index in [9.17, 15) is 4.39 Å². The summed E-state index contributed by atoms with van der Waals surface area (Å²) in [5.41, 5.74) is 1.40. The molecule has 0 heterocycles. The molecule has 108 valence electrons. The minimum atomic E-state index is -0.545. The van der Waals surface area contributed by atoms with Crippen LogP contribution in [0, 0.1) is 17.1 Å². The van der Waals surface area contributed by atoms with Crippen molar-refractivity contribution in [2.24, 2.45) is 0 Å². The van der Waals surface area contributed by atoms with E-state index in [1.54, 1.807) is 25.3 Å². The Labute approximate surface area is 131 Å². The summed E-state index contributed by atoms with van der Waals surface area (Å²) in [5, 5.41) is 9.52. The van der Waals surface area contributed by atoms with Gasteiger partial charge in [0, 0.05) is 10.9 Å². The van der Waals surface area contributed by atoms with Crippen molar-refractivity contribution in [2.45, 2.75) is 11.9 Å². The Bertz CT molecular complexity index is 682. The number of nitriles is 1. The molecular formula is C16H13BrFNO2. The zero-order valence-corrected chi connectivity index (χ0v) is 13.0. The minimum absolute atomic E-state index is 0.0118. The van der Waals surface area contributed by atoms with E-state index in [-0.39, 0.29) is 12.2 Å². The third-order valence-corrected chi connectivity index (χ3v) is 3.61. The maximum absolute atomic E-state index is 13.9. The van der Waals surface area contributed by atoms with Crippen molar-refractivity contribution in [2.75, 3.05) is 7.11 Å². The Balaban J connectivity index is 2.19. The first kappa shape index (κ1) is 15.3. The second kappa shape index (κ2) is 7.09. The van der Waals surface area contributed by atoms with Crippen LogP contribution in [-0.2, 0) is 11.9 Å². The molecule has 0 fully saturated rings. The maximum Gasteiger partial charge on any atom is 0.161 e. The van der Waals surface area contributed by atoms with Gasteiger partial charge >= 0.3 is 0 Å². The highest BCUT2D eigenvalue weighted by atomic mass is 79.9. The Kier molecular flexibility index (Phi) is 5.18. The maximum atomic E-state index is 13.9. The molecule has 0 radical (unpaired) electrons. The van der Waals surface area contributed by atoms with Crippen LogP contribution in [-0.4, -0.2) is 7.11 Å². The van der Waals surface area contributed by atoms with E-state index < -0.39 is 5.82 Å². The van der Waals surface area contributed by atoms with Gasteiger partial charge in [-0.05, 0) is 23.8 Å². The molecule has 0 aromatic heterocycles. The van der Waals surface area contributed by atoms with Crippen LogP contribution >= 0.6 is 15.9 Å². The van der Waals surface area contributed by atoms with Crippen molar-refractivity contribution in [3.8, 4) is 17.6 Å². The Morgan fingerprint density at radius 1 is 1.24 bits per heavy atom. The third kappa shape index (κ3) is 3.53. The van der Waals surface area contributed by atoms with Crippen molar-refractivity contribution in [3.05, 3.63) is 58.9 Å². The molecule has 2 aromatic carbocycles. The molecule has 0 atom stereocenters. The average Bonchev–Trinajstić information content (AvgIpc) is 2.53. The quantitative estimate of drug-likeness (QED) is 0.760. The van der Waals surface area contributed by atoms with Gasteiger partial charge in [0.1, 0.15) is 18.5 Å². The van der Waals surface area contributed by atoms with Crippen molar-refractivity contribution in [1.29, 1.82) is 5.26 Å². The van der Waals surface area contributed by atoms with Crippen molar-refractivity contribution in [1.82, 2.24) is 0 Å². The summed E-state index contributed by atoms with van der Waals surface area (Å²) in [7, 11) is 1.55. The Hall–Kier alpha value is -2.06. The standard InChI is InChI=1S/C16H13BrFNO2/c1-20-15-7-11(8-17)5-6-14(15)21-10-13-4-2-3-12(9-19)16(13)18/h2-7H,8,10H2,1H3. The summed E-state index contributed by atoms with van der Waals surface area (Å²) >= 11 is 3.37. The highest BCUT2D eigenvalue weighted by molar-refractivity contribution is 9.08. The number of methoxy groups -OCH3 is 1. The van der Waals surface area contributed by atoms with E-state index in [4.69, 9.17) is 14.7 Å². The number of hydrogen-bond donors (Lipinski definition) is 0. The predicted molar refractivity (Wildman–Crippen MR) is 81.1 cm³/mol. The van der Waals surface area contributed by atoms with Crippen molar-refractivity contribution >= 4 is 15.9 Å². The fraction of sp³-hybridized carbons (Fsp3) is 0.188. The van der Waals surface area contributed by atoms with Gasteiger partial charge in [0.25, 0.3) is 0 Å². The largest absolute Gasteiger partial charge is 0.493 e. The van der Waals surface area contributed by atoms with Crippen LogP contribution in [0.5, 0.6) is 11.5 Å². The third-order valence-electron chi connectivity index (χ3n) is 2.96. The summed E-state index contributed by atoms with van der Waals surface area (Å²) in [4.78, 5) is 0. The molecule has 0 saturated heterocycles. The van der Waals surface area contributed by atoms with E-state index in [2.05, 4.69) is 15.9 Å². The SMILES string of the molecule is COc1cc(CBr)ccc1OCc1cccc(C#N)c1F. The molecule has 0 aliphatic heterocycles. The monoisotopic (exact) mass is 349 g/mol. The number of halogens is 2. The fourth-order valence-corrected chi connectivity index (χ4v) is 2.20. The Morgan fingerprint density at radius 2 is 2.05 bits per heavy atom. The molecule has 2 rings (SSSR count). The number of rotatable bonds is 5. The lowest BCUT2D eigenvalue weighted by molar-refractivity contribution is 0.279. The molecule has 0 saturated carbocycles. The molecule has 0 unspecified atom stereocenters. The Morgan fingerprint density at radius 3 is 2.71 bits per heavy atom. The summed E-state index contributed by atoms with van der Waals surface area (Å²) < 4.78 is 24.8. The second-order valence-electron chi connectivity index (χ2n) is 4.30. The summed E-state index contributed by atoms with van der Waals surface area (Å²) in [6.45, 7) is 0.0331. The van der Waals surface area contributed by atoms with E-state index in [0.29, 0.717) is 22.4 Å². The van der Waals surface area contributed by atoms with Crippen LogP contribution in [0.15, 0.2) is 36.4 Å². The van der Waals surface area contributed by atoms with E-state index >= 15 is 0 Å². The molecule has 0 amide bonds. The summed E-state index contributed by atoms with van der Waals surface area (Å²) in [6, 6.07) is 12.0. The highest BCUT2D eigenvalue weighted by Gasteiger charge is 2.10. The molecule has 21 heavy (non-hydrogen) atoms. The fourth-order valence-electron chi connectivity index (χ4n) is 1.85. The smallest absolute Gasteiger partial charge is 0.161 e. The molecule has 2 aromatic rings. The van der Waals surface area contributed by atoms with Gasteiger partial charge < -0.3 is 9.47 Å². The van der Waals surface area contributed by atoms with Gasteiger partial charge in [-0.1, -0.05) is 34.1 Å². The number of ether oxygens (including phenoxy) is 2. The number of alkyl halides is 1. The molecule has 5 heteroatoms. The number of hydrogen-bond acceptors (Lipinski definition) is 3. The van der Waals surface area contributed by atoms with Gasteiger partial charge in [-0.3, -0.25) is 0 Å². The van der Waals surface area contributed by atoms with Gasteiger partial charge in [0.05, 0.1) is 12.7 Å². The van der Waals surface area contributed by atoms with E-state index in [1.807, 2.05) is 18.2 Å². The summed E-state index contributed by atoms with van der Waals surface area (Å²) in [6.07, 6.45) is 0. The first-order valence-corrected chi connectivity index (χ1v) is 7.35. The topological polar surface area (TPSA) is 42.2 Å². The second-order valence-corrected chi connectivity index (χ2v) is 4.86. The number of benzene rings is 2. The van der Waals surface area contributed by atoms with Gasteiger partial charge in [0.15, 0.2) is 11.5 Å². The molecule has 0 N–H and O–H groups in total. The predicted octanol–water partition coefficient (Wildman–Crippen LogP) is 4.18. The molecule has 0 aliphatic carbocycles. The van der Waals surface area contributed by atoms with Crippen LogP contribution in [0.2, 0.25) is 0 Å². The van der Waals surface area contributed by atoms with Gasteiger partial charge in [-0.25, -0.2) is 4.39 Å². The van der Waals surface area contributed by atoms with Gasteiger partial charge in [-0.2, -0.15) is 5.26 Å². The molecule has 0 bridgehead atoms. The molecule has 0 spiro atoms.